The van der Waals surface area contributed by atoms with Crippen molar-refractivity contribution in [2.24, 2.45) is 0 Å². The summed E-state index contributed by atoms with van der Waals surface area (Å²) in [5.74, 6) is -0.0870. The first-order valence-corrected chi connectivity index (χ1v) is 9.73. The molecule has 1 aliphatic rings. The maximum absolute atomic E-state index is 12.5. The molecule has 1 fully saturated rings. The van der Waals surface area contributed by atoms with E-state index >= 15 is 0 Å². The van der Waals surface area contributed by atoms with Gasteiger partial charge in [-0.3, -0.25) is 14.8 Å². The second kappa shape index (κ2) is 7.92. The fraction of sp³-hybridized carbons (Fsp3) is 0.364. The molecule has 3 aromatic rings. The Kier molecular flexibility index (Phi) is 5.21. The van der Waals surface area contributed by atoms with E-state index in [1.807, 2.05) is 18.2 Å². The van der Waals surface area contributed by atoms with Crippen LogP contribution < -0.4 is 5.32 Å². The highest BCUT2D eigenvalue weighted by Crippen LogP contribution is 2.19. The van der Waals surface area contributed by atoms with Crippen LogP contribution in [0.15, 0.2) is 48.7 Å². The maximum Gasteiger partial charge on any atom is 0.253 e. The Bertz CT molecular complexity index is 915. The van der Waals surface area contributed by atoms with Gasteiger partial charge in [0, 0.05) is 24.5 Å². The van der Waals surface area contributed by atoms with Crippen molar-refractivity contribution in [3.63, 3.8) is 0 Å². The van der Waals surface area contributed by atoms with E-state index in [0.29, 0.717) is 18.2 Å². The number of hydrogen-bond acceptors (Lipinski definition) is 3. The topological polar surface area (TPSA) is 61.0 Å². The van der Waals surface area contributed by atoms with Crippen LogP contribution in [0, 0.1) is 0 Å². The van der Waals surface area contributed by atoms with E-state index in [0.717, 1.165) is 23.0 Å². The van der Waals surface area contributed by atoms with Crippen molar-refractivity contribution in [2.45, 2.75) is 45.3 Å². The third kappa shape index (κ3) is 4.03. The van der Waals surface area contributed by atoms with Gasteiger partial charge in [-0.25, -0.2) is 0 Å². The lowest BCUT2D eigenvalue weighted by Crippen LogP contribution is -2.36. The van der Waals surface area contributed by atoms with Crippen molar-refractivity contribution < 1.29 is 4.79 Å². The fourth-order valence-corrected chi connectivity index (χ4v) is 3.83. The fourth-order valence-electron chi connectivity index (χ4n) is 3.83. The van der Waals surface area contributed by atoms with Crippen molar-refractivity contribution in [2.75, 3.05) is 6.54 Å². The number of H-pyrrole nitrogens is 1. The number of hydrogen-bond donors (Lipinski definition) is 2. The van der Waals surface area contributed by atoms with E-state index in [4.69, 9.17) is 0 Å². The van der Waals surface area contributed by atoms with Gasteiger partial charge in [0.2, 0.25) is 0 Å². The van der Waals surface area contributed by atoms with Gasteiger partial charge in [-0.15, -0.1) is 0 Å². The van der Waals surface area contributed by atoms with Gasteiger partial charge in [0.05, 0.1) is 17.3 Å². The molecule has 1 atom stereocenters. The highest BCUT2D eigenvalue weighted by molar-refractivity contribution is 6.05. The molecule has 4 rings (SSSR count). The molecule has 0 aliphatic carbocycles. The lowest BCUT2D eigenvalue weighted by molar-refractivity contribution is 0.0952. The van der Waals surface area contributed by atoms with Crippen LogP contribution in [0.3, 0.4) is 0 Å². The number of piperidine rings is 1. The number of nitrogens with zero attached hydrogens (tertiary/aromatic N) is 2. The summed E-state index contributed by atoms with van der Waals surface area (Å²) in [5, 5.41) is 10.9. The Morgan fingerprint density at radius 3 is 2.81 bits per heavy atom. The van der Waals surface area contributed by atoms with E-state index in [1.165, 1.54) is 31.4 Å². The lowest BCUT2D eigenvalue weighted by Gasteiger charge is -2.33. The number of carbonyl (C=O) groups excluding carboxylic acids is 1. The van der Waals surface area contributed by atoms with Crippen LogP contribution in [0.4, 0.5) is 0 Å². The number of fused-ring (bicyclic) bond motifs is 1. The molecule has 1 amide bonds. The minimum Gasteiger partial charge on any atom is -0.348 e. The van der Waals surface area contributed by atoms with Gasteiger partial charge in [-0.2, -0.15) is 5.10 Å². The number of nitrogens with one attached hydrogen (secondary N) is 2. The summed E-state index contributed by atoms with van der Waals surface area (Å²) in [5.41, 5.74) is 3.85. The summed E-state index contributed by atoms with van der Waals surface area (Å²) in [7, 11) is 0. The number of aromatic amines is 1. The van der Waals surface area contributed by atoms with E-state index in [1.54, 1.807) is 6.20 Å². The molecule has 1 unspecified atom stereocenters. The van der Waals surface area contributed by atoms with Gasteiger partial charge in [0.25, 0.3) is 5.91 Å². The Balaban J connectivity index is 1.36. The molecule has 0 bridgehead atoms. The van der Waals surface area contributed by atoms with Gasteiger partial charge in [0.1, 0.15) is 0 Å². The summed E-state index contributed by atoms with van der Waals surface area (Å²) in [4.78, 5) is 15.1. The van der Waals surface area contributed by atoms with Crippen LogP contribution in [-0.4, -0.2) is 33.6 Å². The zero-order chi connectivity index (χ0) is 18.6. The number of carbonyl (C=O) groups is 1. The molecule has 0 spiro atoms. The van der Waals surface area contributed by atoms with Crippen LogP contribution in [0.25, 0.3) is 10.9 Å². The Hall–Kier alpha value is -2.66. The van der Waals surface area contributed by atoms with Gasteiger partial charge < -0.3 is 5.32 Å². The van der Waals surface area contributed by atoms with E-state index in [-0.39, 0.29) is 5.91 Å². The number of rotatable bonds is 5. The summed E-state index contributed by atoms with van der Waals surface area (Å²) in [6.07, 6.45) is 5.68. The lowest BCUT2D eigenvalue weighted by atomic mass is 10.0. The standard InChI is InChI=1S/C22H26N4O/c1-16-5-2-3-12-26(16)15-18-10-8-17(9-11-18)13-23-22(27)20-7-4-6-19-14-24-25-21(19)20/h4,6-11,14,16H,2-3,5,12-13,15H2,1H3,(H,23,27)(H,24,25). The number of aromatic nitrogens is 2. The average Bonchev–Trinajstić information content (AvgIpc) is 3.18. The molecule has 1 saturated heterocycles. The molecule has 5 nitrogen and oxygen atoms in total. The highest BCUT2D eigenvalue weighted by Gasteiger charge is 2.18. The van der Waals surface area contributed by atoms with Gasteiger partial charge in [0.15, 0.2) is 0 Å². The minimum atomic E-state index is -0.0870. The van der Waals surface area contributed by atoms with Crippen LogP contribution >= 0.6 is 0 Å². The van der Waals surface area contributed by atoms with Crippen molar-refractivity contribution in [1.82, 2.24) is 20.4 Å². The van der Waals surface area contributed by atoms with Crippen LogP contribution in [0.1, 0.15) is 47.7 Å². The number of amides is 1. The molecule has 1 aromatic heterocycles. The van der Waals surface area contributed by atoms with Crippen LogP contribution in [0.5, 0.6) is 0 Å². The van der Waals surface area contributed by atoms with Crippen LogP contribution in [-0.2, 0) is 13.1 Å². The van der Waals surface area contributed by atoms with Crippen LogP contribution in [0.2, 0.25) is 0 Å². The largest absolute Gasteiger partial charge is 0.348 e. The third-order valence-corrected chi connectivity index (χ3v) is 5.52. The monoisotopic (exact) mass is 362 g/mol. The van der Waals surface area contributed by atoms with Crippen molar-refractivity contribution in [3.8, 4) is 0 Å². The van der Waals surface area contributed by atoms with Crippen molar-refractivity contribution in [3.05, 3.63) is 65.4 Å². The maximum atomic E-state index is 12.5. The number of benzene rings is 2. The molecule has 0 saturated carbocycles. The Morgan fingerprint density at radius 1 is 1.19 bits per heavy atom. The van der Waals surface area contributed by atoms with E-state index in [2.05, 4.69) is 51.6 Å². The molecule has 1 aliphatic heterocycles. The normalized spacial score (nSPS) is 17.9. The summed E-state index contributed by atoms with van der Waals surface area (Å²) < 4.78 is 0. The third-order valence-electron chi connectivity index (χ3n) is 5.52. The molecule has 2 aromatic carbocycles. The first-order valence-electron chi connectivity index (χ1n) is 9.73. The number of likely N-dealkylation sites (tertiary alicyclic amines) is 1. The number of para-hydroxylation sites is 1. The SMILES string of the molecule is CC1CCCCN1Cc1ccc(CNC(=O)c2cccc3cn[nH]c23)cc1. The molecule has 27 heavy (non-hydrogen) atoms. The highest BCUT2D eigenvalue weighted by atomic mass is 16.1. The van der Waals surface area contributed by atoms with E-state index in [9.17, 15) is 4.79 Å². The molecular weight excluding hydrogens is 336 g/mol. The molecule has 2 heterocycles. The predicted octanol–water partition coefficient (Wildman–Crippen LogP) is 3.87. The molecular formula is C22H26N4O. The smallest absolute Gasteiger partial charge is 0.253 e. The molecule has 140 valence electrons. The predicted molar refractivity (Wildman–Crippen MR) is 107 cm³/mol. The zero-order valence-corrected chi connectivity index (χ0v) is 15.7. The average molecular weight is 362 g/mol. The second-order valence-corrected chi connectivity index (χ2v) is 7.45. The van der Waals surface area contributed by atoms with Gasteiger partial charge in [-0.05, 0) is 43.5 Å². The molecule has 5 heteroatoms. The van der Waals surface area contributed by atoms with Crippen molar-refractivity contribution in [1.29, 1.82) is 0 Å². The molecule has 0 radical (unpaired) electrons. The first-order chi connectivity index (χ1) is 13.2. The molecule has 2 N–H and O–H groups in total. The zero-order valence-electron chi connectivity index (χ0n) is 15.7. The summed E-state index contributed by atoms with van der Waals surface area (Å²) in [6, 6.07) is 14.9. The first kappa shape index (κ1) is 17.7. The Labute approximate surface area is 159 Å². The van der Waals surface area contributed by atoms with E-state index < -0.39 is 0 Å². The summed E-state index contributed by atoms with van der Waals surface area (Å²) in [6.45, 7) is 5.04. The summed E-state index contributed by atoms with van der Waals surface area (Å²) >= 11 is 0. The van der Waals surface area contributed by atoms with Gasteiger partial charge in [-0.1, -0.05) is 42.8 Å². The minimum absolute atomic E-state index is 0.0870. The van der Waals surface area contributed by atoms with Crippen molar-refractivity contribution >= 4 is 16.8 Å². The Morgan fingerprint density at radius 2 is 2.00 bits per heavy atom. The second-order valence-electron chi connectivity index (χ2n) is 7.45. The quantitative estimate of drug-likeness (QED) is 0.724. The van der Waals surface area contributed by atoms with Gasteiger partial charge >= 0.3 is 0 Å².